The molecule has 0 aromatic heterocycles. The molecule has 0 aliphatic carbocycles. The molecule has 4 nitrogen and oxygen atoms in total. The monoisotopic (exact) mass is 364 g/mol. The van der Waals surface area contributed by atoms with E-state index in [9.17, 15) is 8.42 Å². The predicted octanol–water partition coefficient (Wildman–Crippen LogP) is 3.47. The molecule has 128 valence electrons. The molecule has 2 aromatic rings. The van der Waals surface area contributed by atoms with Crippen molar-refractivity contribution in [2.75, 3.05) is 31.1 Å². The number of hydrogen-bond donors (Lipinski definition) is 0. The number of halogens is 1. The van der Waals surface area contributed by atoms with E-state index in [1.54, 1.807) is 16.4 Å². The third-order valence-corrected chi connectivity index (χ3v) is 6.76. The first kappa shape index (κ1) is 17.3. The van der Waals surface area contributed by atoms with E-state index in [0.29, 0.717) is 36.1 Å². The maximum absolute atomic E-state index is 12.8. The van der Waals surface area contributed by atoms with Crippen molar-refractivity contribution in [1.82, 2.24) is 4.31 Å². The van der Waals surface area contributed by atoms with Crippen molar-refractivity contribution in [3.8, 4) is 0 Å². The molecule has 0 atom stereocenters. The lowest BCUT2D eigenvalue weighted by molar-refractivity contribution is 0.385. The summed E-state index contributed by atoms with van der Waals surface area (Å²) in [6.45, 7) is 6.10. The first-order valence-electron chi connectivity index (χ1n) is 7.96. The van der Waals surface area contributed by atoms with Gasteiger partial charge in [0, 0.05) is 26.2 Å². The molecule has 1 fully saturated rings. The Morgan fingerprint density at radius 3 is 2.21 bits per heavy atom. The first-order chi connectivity index (χ1) is 11.4. The van der Waals surface area contributed by atoms with Gasteiger partial charge in [-0.2, -0.15) is 4.31 Å². The molecule has 0 spiro atoms. The third-order valence-electron chi connectivity index (χ3n) is 4.55. The summed E-state index contributed by atoms with van der Waals surface area (Å²) in [5.74, 6) is 0. The molecule has 0 bridgehead atoms. The molecule has 0 amide bonds. The van der Waals surface area contributed by atoms with Crippen molar-refractivity contribution in [3.05, 3.63) is 58.6 Å². The van der Waals surface area contributed by atoms with E-state index in [1.807, 2.05) is 44.2 Å². The van der Waals surface area contributed by atoms with Gasteiger partial charge in [-0.25, -0.2) is 8.42 Å². The topological polar surface area (TPSA) is 40.6 Å². The molecular weight excluding hydrogens is 344 g/mol. The van der Waals surface area contributed by atoms with Gasteiger partial charge < -0.3 is 4.90 Å². The maximum atomic E-state index is 12.8. The lowest BCUT2D eigenvalue weighted by Crippen LogP contribution is -2.48. The summed E-state index contributed by atoms with van der Waals surface area (Å²) in [4.78, 5) is 2.51. The Labute approximate surface area is 148 Å². The average molecular weight is 365 g/mol. The molecule has 0 N–H and O–H groups in total. The van der Waals surface area contributed by atoms with Crippen LogP contribution in [0.3, 0.4) is 0 Å². The highest BCUT2D eigenvalue weighted by atomic mass is 35.5. The van der Waals surface area contributed by atoms with Crippen molar-refractivity contribution < 1.29 is 8.42 Å². The van der Waals surface area contributed by atoms with Gasteiger partial charge in [0.05, 0.1) is 15.6 Å². The minimum absolute atomic E-state index is 0.372. The summed E-state index contributed by atoms with van der Waals surface area (Å²) >= 11 is 6.24. The number of benzene rings is 2. The molecule has 0 saturated carbocycles. The molecule has 0 unspecified atom stereocenters. The minimum atomic E-state index is -3.44. The number of sulfonamides is 1. The molecular formula is C18H21ClN2O2S. The summed E-state index contributed by atoms with van der Waals surface area (Å²) in [5.41, 5.74) is 3.05. The lowest BCUT2D eigenvalue weighted by Gasteiger charge is -2.35. The molecule has 24 heavy (non-hydrogen) atoms. The fourth-order valence-electron chi connectivity index (χ4n) is 2.90. The van der Waals surface area contributed by atoms with Crippen LogP contribution in [0.25, 0.3) is 0 Å². The Morgan fingerprint density at radius 1 is 0.917 bits per heavy atom. The second-order valence-electron chi connectivity index (χ2n) is 6.09. The van der Waals surface area contributed by atoms with Crippen molar-refractivity contribution in [3.63, 3.8) is 0 Å². The van der Waals surface area contributed by atoms with Gasteiger partial charge in [-0.3, -0.25) is 0 Å². The summed E-state index contributed by atoms with van der Waals surface area (Å²) in [6, 6.07) is 13.0. The Bertz CT molecular complexity index is 844. The van der Waals surface area contributed by atoms with Gasteiger partial charge in [-0.05, 0) is 49.2 Å². The number of rotatable bonds is 3. The van der Waals surface area contributed by atoms with Gasteiger partial charge in [0.15, 0.2) is 0 Å². The normalized spacial score (nSPS) is 16.4. The smallest absolute Gasteiger partial charge is 0.243 e. The highest BCUT2D eigenvalue weighted by Crippen LogP contribution is 2.27. The SMILES string of the molecule is Cc1ccc(S(=O)(=O)N2CCN(c3ccccc3Cl)CC2)cc1C. The van der Waals surface area contributed by atoms with E-state index in [1.165, 1.54) is 0 Å². The summed E-state index contributed by atoms with van der Waals surface area (Å²) in [7, 11) is -3.44. The number of nitrogens with zero attached hydrogens (tertiary/aromatic N) is 2. The molecule has 1 aliphatic heterocycles. The van der Waals surface area contributed by atoms with Crippen LogP contribution in [0.15, 0.2) is 47.4 Å². The zero-order valence-corrected chi connectivity index (χ0v) is 15.4. The van der Waals surface area contributed by atoms with Crippen molar-refractivity contribution in [2.45, 2.75) is 18.7 Å². The van der Waals surface area contributed by atoms with E-state index in [2.05, 4.69) is 4.90 Å². The number of anilines is 1. The summed E-state index contributed by atoms with van der Waals surface area (Å²) in [6.07, 6.45) is 0. The van der Waals surface area contributed by atoms with Crippen molar-refractivity contribution in [1.29, 1.82) is 0 Å². The molecule has 2 aromatic carbocycles. The van der Waals surface area contributed by atoms with Gasteiger partial charge in [0.1, 0.15) is 0 Å². The Morgan fingerprint density at radius 2 is 1.58 bits per heavy atom. The second-order valence-corrected chi connectivity index (χ2v) is 8.43. The van der Waals surface area contributed by atoms with Crippen LogP contribution in [0, 0.1) is 13.8 Å². The molecule has 3 rings (SSSR count). The number of hydrogen-bond acceptors (Lipinski definition) is 3. The third kappa shape index (κ3) is 3.29. The van der Waals surface area contributed by atoms with Gasteiger partial charge >= 0.3 is 0 Å². The highest BCUT2D eigenvalue weighted by molar-refractivity contribution is 7.89. The van der Waals surface area contributed by atoms with Crippen LogP contribution in [0.1, 0.15) is 11.1 Å². The zero-order valence-electron chi connectivity index (χ0n) is 13.9. The van der Waals surface area contributed by atoms with E-state index in [4.69, 9.17) is 11.6 Å². The highest BCUT2D eigenvalue weighted by Gasteiger charge is 2.29. The van der Waals surface area contributed by atoms with Crippen molar-refractivity contribution >= 4 is 27.3 Å². The van der Waals surface area contributed by atoms with E-state index >= 15 is 0 Å². The molecule has 0 radical (unpaired) electrons. The number of aryl methyl sites for hydroxylation is 2. The van der Waals surface area contributed by atoms with E-state index < -0.39 is 10.0 Å². The van der Waals surface area contributed by atoms with Gasteiger partial charge in [0.2, 0.25) is 10.0 Å². The molecule has 1 heterocycles. The van der Waals surface area contributed by atoms with Gasteiger partial charge in [0.25, 0.3) is 0 Å². The maximum Gasteiger partial charge on any atom is 0.243 e. The van der Waals surface area contributed by atoms with Gasteiger partial charge in [-0.1, -0.05) is 29.8 Å². The van der Waals surface area contributed by atoms with Crippen LogP contribution >= 0.6 is 11.6 Å². The first-order valence-corrected chi connectivity index (χ1v) is 9.78. The fraction of sp³-hybridized carbons (Fsp3) is 0.333. The number of para-hydroxylation sites is 1. The van der Waals surface area contributed by atoms with Crippen molar-refractivity contribution in [2.24, 2.45) is 0 Å². The van der Waals surface area contributed by atoms with E-state index in [0.717, 1.165) is 16.8 Å². The lowest BCUT2D eigenvalue weighted by atomic mass is 10.1. The van der Waals surface area contributed by atoms with Crippen LogP contribution in [0.2, 0.25) is 5.02 Å². The zero-order chi connectivity index (χ0) is 17.3. The standard InChI is InChI=1S/C18H21ClN2O2S/c1-14-7-8-16(13-15(14)2)24(22,23)21-11-9-20(10-12-21)18-6-4-3-5-17(18)19/h3-8,13H,9-12H2,1-2H3. The van der Waals surface area contributed by atoms with Crippen LogP contribution in [0.5, 0.6) is 0 Å². The average Bonchev–Trinajstić information content (AvgIpc) is 2.58. The van der Waals surface area contributed by atoms with E-state index in [-0.39, 0.29) is 0 Å². The Kier molecular flexibility index (Phi) is 4.85. The summed E-state index contributed by atoms with van der Waals surface area (Å²) < 4.78 is 27.2. The quantitative estimate of drug-likeness (QED) is 0.837. The fourth-order valence-corrected chi connectivity index (χ4v) is 4.66. The predicted molar refractivity (Wildman–Crippen MR) is 98.3 cm³/mol. The van der Waals surface area contributed by atoms with Crippen LogP contribution < -0.4 is 4.90 Å². The molecule has 6 heteroatoms. The second kappa shape index (κ2) is 6.75. The van der Waals surface area contributed by atoms with Gasteiger partial charge in [-0.15, -0.1) is 0 Å². The Hall–Kier alpha value is -1.56. The van der Waals surface area contributed by atoms with Crippen LogP contribution in [0.4, 0.5) is 5.69 Å². The van der Waals surface area contributed by atoms with Crippen LogP contribution in [-0.4, -0.2) is 38.9 Å². The number of piperazine rings is 1. The Balaban J connectivity index is 1.76. The molecule has 1 saturated heterocycles. The largest absolute Gasteiger partial charge is 0.368 e. The molecule has 1 aliphatic rings. The van der Waals surface area contributed by atoms with Crippen LogP contribution in [-0.2, 0) is 10.0 Å². The summed E-state index contributed by atoms with van der Waals surface area (Å²) in [5, 5.41) is 0.697. The minimum Gasteiger partial charge on any atom is -0.368 e.